The first-order valence-electron chi connectivity index (χ1n) is 9.08. The molecule has 0 aromatic heterocycles. The Morgan fingerprint density at radius 1 is 1.00 bits per heavy atom. The molecule has 1 rings (SSSR count). The molecule has 0 saturated carbocycles. The molecule has 132 valence electrons. The lowest BCUT2D eigenvalue weighted by atomic mass is 9.78. The van der Waals surface area contributed by atoms with Gasteiger partial charge in [0.2, 0.25) is 0 Å². The summed E-state index contributed by atoms with van der Waals surface area (Å²) in [4.78, 5) is 0. The third-order valence-corrected chi connectivity index (χ3v) is 9.43. The highest BCUT2D eigenvalue weighted by atomic mass is 28.4. The van der Waals surface area contributed by atoms with Crippen LogP contribution in [0.1, 0.15) is 53.9 Å². The molecule has 0 aromatic rings. The Balaban J connectivity index is 2.93. The van der Waals surface area contributed by atoms with E-state index < -0.39 is 8.56 Å². The second kappa shape index (κ2) is 10.0. The highest BCUT2D eigenvalue weighted by Gasteiger charge is 2.57. The van der Waals surface area contributed by atoms with Crippen LogP contribution in [0.3, 0.4) is 0 Å². The van der Waals surface area contributed by atoms with Gasteiger partial charge in [-0.15, -0.1) is 0 Å². The van der Waals surface area contributed by atoms with Gasteiger partial charge in [0, 0.05) is 37.4 Å². The van der Waals surface area contributed by atoms with Gasteiger partial charge < -0.3 is 18.3 Å². The molecule has 5 heteroatoms. The lowest BCUT2D eigenvalue weighted by Gasteiger charge is -2.52. The molecular formula is C17H36O4Si. The van der Waals surface area contributed by atoms with Crippen molar-refractivity contribution in [3.63, 3.8) is 0 Å². The van der Waals surface area contributed by atoms with Crippen LogP contribution in [0.25, 0.3) is 0 Å². The Kier molecular flexibility index (Phi) is 9.17. The van der Waals surface area contributed by atoms with Gasteiger partial charge in [-0.2, -0.15) is 0 Å². The zero-order valence-electron chi connectivity index (χ0n) is 15.3. The molecule has 0 bridgehead atoms. The number of hydrogen-bond acceptors (Lipinski definition) is 4. The monoisotopic (exact) mass is 332 g/mol. The third kappa shape index (κ3) is 4.54. The van der Waals surface area contributed by atoms with Crippen molar-refractivity contribution in [2.75, 3.05) is 39.6 Å². The van der Waals surface area contributed by atoms with E-state index in [1.807, 2.05) is 0 Å². The maximum Gasteiger partial charge on any atom is 0.341 e. The molecule has 0 aromatic carbocycles. The van der Waals surface area contributed by atoms with E-state index in [-0.39, 0.29) is 5.41 Å². The van der Waals surface area contributed by atoms with E-state index in [0.717, 1.165) is 64.9 Å². The Hall–Kier alpha value is 0.0569. The molecule has 0 radical (unpaired) electrons. The Bertz CT molecular complexity index is 283. The zero-order chi connectivity index (χ0) is 16.5. The molecular weight excluding hydrogens is 296 g/mol. The minimum Gasteiger partial charge on any atom is -0.394 e. The first kappa shape index (κ1) is 20.1. The van der Waals surface area contributed by atoms with Gasteiger partial charge in [0.15, 0.2) is 0 Å². The summed E-state index contributed by atoms with van der Waals surface area (Å²) < 4.78 is 24.0. The summed E-state index contributed by atoms with van der Waals surface area (Å²) in [5.41, 5.74) is 0.669. The molecule has 1 aliphatic rings. The molecule has 0 amide bonds. The van der Waals surface area contributed by atoms with Gasteiger partial charge in [0.25, 0.3) is 0 Å². The summed E-state index contributed by atoms with van der Waals surface area (Å²) in [6.45, 7) is 15.6. The van der Waals surface area contributed by atoms with Gasteiger partial charge in [-0.05, 0) is 39.2 Å². The molecule has 0 aliphatic carbocycles. The predicted octanol–water partition coefficient (Wildman–Crippen LogP) is 4.14. The zero-order valence-corrected chi connectivity index (χ0v) is 16.3. The van der Waals surface area contributed by atoms with Crippen LogP contribution in [-0.4, -0.2) is 48.2 Å². The summed E-state index contributed by atoms with van der Waals surface area (Å²) >= 11 is 0. The molecule has 0 N–H and O–H groups in total. The third-order valence-electron chi connectivity index (χ3n) is 4.92. The second-order valence-corrected chi connectivity index (χ2v) is 9.80. The van der Waals surface area contributed by atoms with Crippen LogP contribution < -0.4 is 0 Å². The van der Waals surface area contributed by atoms with Crippen molar-refractivity contribution in [1.82, 2.24) is 0 Å². The van der Waals surface area contributed by atoms with E-state index >= 15 is 0 Å². The average molecular weight is 333 g/mol. The van der Waals surface area contributed by atoms with Crippen LogP contribution in [0, 0.1) is 5.41 Å². The van der Waals surface area contributed by atoms with E-state index in [0.29, 0.717) is 5.54 Å². The van der Waals surface area contributed by atoms with Gasteiger partial charge in [-0.3, -0.25) is 0 Å². The normalized spacial score (nSPS) is 19.0. The van der Waals surface area contributed by atoms with Crippen LogP contribution >= 0.6 is 0 Å². The van der Waals surface area contributed by atoms with Crippen molar-refractivity contribution in [3.8, 4) is 0 Å². The fraction of sp³-hybridized carbons (Fsp3) is 1.00. The fourth-order valence-electron chi connectivity index (χ4n) is 3.64. The van der Waals surface area contributed by atoms with E-state index in [9.17, 15) is 0 Å². The molecule has 1 heterocycles. The fourth-order valence-corrected chi connectivity index (χ4v) is 7.86. The number of hydrogen-bond donors (Lipinski definition) is 0. The molecule has 4 nitrogen and oxygen atoms in total. The molecule has 1 fully saturated rings. The van der Waals surface area contributed by atoms with Crippen molar-refractivity contribution in [3.05, 3.63) is 0 Å². The molecule has 1 saturated heterocycles. The molecule has 0 spiro atoms. The quantitative estimate of drug-likeness (QED) is 0.375. The summed E-state index contributed by atoms with van der Waals surface area (Å²) in [5.74, 6) is 0. The summed E-state index contributed by atoms with van der Waals surface area (Å²) in [7, 11) is -2.25. The van der Waals surface area contributed by atoms with Crippen molar-refractivity contribution >= 4 is 8.56 Å². The second-order valence-electron chi connectivity index (χ2n) is 6.19. The van der Waals surface area contributed by atoms with Crippen molar-refractivity contribution < 1.29 is 18.3 Å². The van der Waals surface area contributed by atoms with Crippen molar-refractivity contribution in [2.24, 2.45) is 5.41 Å². The van der Waals surface area contributed by atoms with Gasteiger partial charge in [0.05, 0.1) is 13.2 Å². The summed E-state index contributed by atoms with van der Waals surface area (Å²) in [5, 5.41) is 0. The molecule has 1 aliphatic heterocycles. The van der Waals surface area contributed by atoms with Gasteiger partial charge in [0.1, 0.15) is 0 Å². The van der Waals surface area contributed by atoms with Crippen LogP contribution in [0.4, 0.5) is 0 Å². The largest absolute Gasteiger partial charge is 0.394 e. The number of ether oxygens (including phenoxy) is 2. The Morgan fingerprint density at radius 2 is 1.64 bits per heavy atom. The standard InChI is InChI=1S/C17H36O4Si/c1-6-12-18-13-11-16(17(7-2)14-19-15-17)22(10-5,20-8-3)21-9-4/h16H,6-15H2,1-5H3. The first-order valence-corrected chi connectivity index (χ1v) is 11.2. The van der Waals surface area contributed by atoms with Gasteiger partial charge >= 0.3 is 8.56 Å². The molecule has 22 heavy (non-hydrogen) atoms. The van der Waals surface area contributed by atoms with Crippen LogP contribution in [0.2, 0.25) is 11.6 Å². The van der Waals surface area contributed by atoms with Gasteiger partial charge in [-0.1, -0.05) is 20.8 Å². The van der Waals surface area contributed by atoms with E-state index in [1.165, 1.54) is 0 Å². The van der Waals surface area contributed by atoms with Crippen molar-refractivity contribution in [1.29, 1.82) is 0 Å². The van der Waals surface area contributed by atoms with Crippen LogP contribution in [0.5, 0.6) is 0 Å². The SMILES string of the molecule is CCCOCCC(C1(CC)COC1)[Si](CC)(OCC)OCC. The highest BCUT2D eigenvalue weighted by molar-refractivity contribution is 6.69. The predicted molar refractivity (Wildman–Crippen MR) is 92.5 cm³/mol. The van der Waals surface area contributed by atoms with Crippen LogP contribution in [0.15, 0.2) is 0 Å². The lowest BCUT2D eigenvalue weighted by molar-refractivity contribution is -0.128. The summed E-state index contributed by atoms with van der Waals surface area (Å²) in [6.07, 6.45) is 3.22. The maximum absolute atomic E-state index is 6.33. The highest BCUT2D eigenvalue weighted by Crippen LogP contribution is 2.51. The first-order chi connectivity index (χ1) is 10.6. The Labute approximate surface area is 138 Å². The van der Waals surface area contributed by atoms with Crippen LogP contribution in [-0.2, 0) is 18.3 Å². The molecule has 1 unspecified atom stereocenters. The number of rotatable bonds is 13. The minimum absolute atomic E-state index is 0.224. The lowest BCUT2D eigenvalue weighted by Crippen LogP contribution is -2.58. The van der Waals surface area contributed by atoms with Crippen molar-refractivity contribution in [2.45, 2.75) is 65.5 Å². The van der Waals surface area contributed by atoms with E-state index in [1.54, 1.807) is 0 Å². The topological polar surface area (TPSA) is 36.9 Å². The van der Waals surface area contributed by atoms with E-state index in [4.69, 9.17) is 18.3 Å². The smallest absolute Gasteiger partial charge is 0.341 e. The van der Waals surface area contributed by atoms with E-state index in [2.05, 4.69) is 34.6 Å². The summed E-state index contributed by atoms with van der Waals surface area (Å²) in [6, 6.07) is 0.995. The maximum atomic E-state index is 6.33. The Morgan fingerprint density at radius 3 is 2.00 bits per heavy atom. The van der Waals surface area contributed by atoms with Gasteiger partial charge in [-0.25, -0.2) is 0 Å². The average Bonchev–Trinajstić information content (AvgIpc) is 2.48. The molecule has 1 atom stereocenters. The minimum atomic E-state index is -2.25.